The summed E-state index contributed by atoms with van der Waals surface area (Å²) in [5.74, 6) is 0.148. The number of fused-ring (bicyclic) bond motifs is 1. The molecule has 3 aromatic rings. The van der Waals surface area contributed by atoms with Gasteiger partial charge >= 0.3 is 0 Å². The van der Waals surface area contributed by atoms with E-state index in [0.717, 1.165) is 4.88 Å². The Labute approximate surface area is 174 Å². The van der Waals surface area contributed by atoms with Crippen LogP contribution in [-0.2, 0) is 4.79 Å². The normalized spacial score (nSPS) is 15.5. The van der Waals surface area contributed by atoms with Crippen molar-refractivity contribution in [3.05, 3.63) is 70.4 Å². The Kier molecular flexibility index (Phi) is 5.92. The number of amides is 2. The van der Waals surface area contributed by atoms with Crippen molar-refractivity contribution in [1.82, 2.24) is 15.1 Å². The molecule has 1 saturated heterocycles. The van der Waals surface area contributed by atoms with E-state index in [1.54, 1.807) is 0 Å². The molecule has 1 aliphatic rings. The Balaban J connectivity index is 1.30. The first kappa shape index (κ1) is 19.6. The molecule has 2 amide bonds. The molecular weight excluding hydrogens is 382 g/mol. The molecule has 0 spiro atoms. The maximum absolute atomic E-state index is 12.7. The SMILES string of the molecule is C[C@@H](NCC(=O)N1CCN(C(=O)c2cccs2)CC1)c1cccc2ccccc12. The molecule has 2 aromatic carbocycles. The highest BCUT2D eigenvalue weighted by atomic mass is 32.1. The fourth-order valence-electron chi connectivity index (χ4n) is 3.81. The first-order valence-corrected chi connectivity index (χ1v) is 10.8. The Bertz CT molecular complexity index is 989. The van der Waals surface area contributed by atoms with Crippen LogP contribution in [0.2, 0.25) is 0 Å². The van der Waals surface area contributed by atoms with Crippen molar-refractivity contribution in [3.8, 4) is 0 Å². The van der Waals surface area contributed by atoms with Crippen molar-refractivity contribution in [3.63, 3.8) is 0 Å². The average Bonchev–Trinajstić information content (AvgIpc) is 3.31. The zero-order valence-electron chi connectivity index (χ0n) is 16.5. The first-order valence-electron chi connectivity index (χ1n) is 9.95. The number of carbonyl (C=O) groups is 2. The molecule has 0 aliphatic carbocycles. The largest absolute Gasteiger partial charge is 0.338 e. The Morgan fingerprint density at radius 3 is 2.45 bits per heavy atom. The van der Waals surface area contributed by atoms with Crippen LogP contribution in [0.1, 0.15) is 28.2 Å². The van der Waals surface area contributed by atoms with E-state index in [4.69, 9.17) is 0 Å². The number of piperazine rings is 1. The van der Waals surface area contributed by atoms with E-state index in [9.17, 15) is 9.59 Å². The van der Waals surface area contributed by atoms with Crippen LogP contribution in [-0.4, -0.2) is 54.3 Å². The second-order valence-corrected chi connectivity index (χ2v) is 8.27. The molecule has 0 bridgehead atoms. The Morgan fingerprint density at radius 2 is 1.69 bits per heavy atom. The van der Waals surface area contributed by atoms with Crippen LogP contribution in [0.3, 0.4) is 0 Å². The second-order valence-electron chi connectivity index (χ2n) is 7.32. The molecule has 2 heterocycles. The van der Waals surface area contributed by atoms with Crippen LogP contribution < -0.4 is 5.32 Å². The lowest BCUT2D eigenvalue weighted by atomic mass is 10.00. The van der Waals surface area contributed by atoms with Gasteiger partial charge in [0.1, 0.15) is 0 Å². The monoisotopic (exact) mass is 407 g/mol. The predicted molar refractivity (Wildman–Crippen MR) is 117 cm³/mol. The van der Waals surface area contributed by atoms with Crippen LogP contribution in [0.4, 0.5) is 0 Å². The number of hydrogen-bond donors (Lipinski definition) is 1. The lowest BCUT2D eigenvalue weighted by molar-refractivity contribution is -0.131. The summed E-state index contributed by atoms with van der Waals surface area (Å²) in [4.78, 5) is 29.5. The van der Waals surface area contributed by atoms with Crippen molar-refractivity contribution < 1.29 is 9.59 Å². The van der Waals surface area contributed by atoms with E-state index in [2.05, 4.69) is 42.6 Å². The molecule has 4 rings (SSSR count). The molecule has 0 saturated carbocycles. The van der Waals surface area contributed by atoms with Gasteiger partial charge in [0.05, 0.1) is 11.4 Å². The van der Waals surface area contributed by atoms with Gasteiger partial charge in [0, 0.05) is 32.2 Å². The van der Waals surface area contributed by atoms with E-state index in [1.807, 2.05) is 39.4 Å². The highest BCUT2D eigenvalue weighted by molar-refractivity contribution is 7.12. The van der Waals surface area contributed by atoms with Crippen molar-refractivity contribution in [2.45, 2.75) is 13.0 Å². The molecule has 1 fully saturated rings. The lowest BCUT2D eigenvalue weighted by Crippen LogP contribution is -2.52. The minimum Gasteiger partial charge on any atom is -0.338 e. The number of nitrogens with zero attached hydrogens (tertiary/aromatic N) is 2. The van der Waals surface area contributed by atoms with Gasteiger partial charge in [-0.2, -0.15) is 0 Å². The number of carbonyl (C=O) groups excluding carboxylic acids is 2. The molecule has 1 N–H and O–H groups in total. The summed E-state index contributed by atoms with van der Waals surface area (Å²) in [7, 11) is 0. The second kappa shape index (κ2) is 8.76. The summed E-state index contributed by atoms with van der Waals surface area (Å²) in [6, 6.07) is 18.4. The molecule has 0 radical (unpaired) electrons. The third kappa shape index (κ3) is 4.33. The zero-order valence-corrected chi connectivity index (χ0v) is 17.3. The maximum Gasteiger partial charge on any atom is 0.264 e. The van der Waals surface area contributed by atoms with E-state index >= 15 is 0 Å². The first-order chi connectivity index (χ1) is 14.1. The summed E-state index contributed by atoms with van der Waals surface area (Å²) in [5.41, 5.74) is 1.20. The van der Waals surface area contributed by atoms with Gasteiger partial charge in [-0.3, -0.25) is 9.59 Å². The summed E-state index contributed by atoms with van der Waals surface area (Å²) < 4.78 is 0. The van der Waals surface area contributed by atoms with Gasteiger partial charge < -0.3 is 15.1 Å². The zero-order chi connectivity index (χ0) is 20.2. The number of thiophene rings is 1. The minimum absolute atomic E-state index is 0.0646. The summed E-state index contributed by atoms with van der Waals surface area (Å²) >= 11 is 1.46. The minimum atomic E-state index is 0.0646. The van der Waals surface area contributed by atoms with E-state index < -0.39 is 0 Å². The summed E-state index contributed by atoms with van der Waals surface area (Å²) in [5, 5.41) is 7.70. The number of nitrogens with one attached hydrogen (secondary N) is 1. The van der Waals surface area contributed by atoms with Crippen LogP contribution in [0.15, 0.2) is 60.0 Å². The smallest absolute Gasteiger partial charge is 0.264 e. The highest BCUT2D eigenvalue weighted by Crippen LogP contribution is 2.24. The van der Waals surface area contributed by atoms with Crippen LogP contribution in [0.5, 0.6) is 0 Å². The molecule has 1 aromatic heterocycles. The van der Waals surface area contributed by atoms with Gasteiger partial charge in [0.25, 0.3) is 5.91 Å². The lowest BCUT2D eigenvalue weighted by Gasteiger charge is -2.35. The van der Waals surface area contributed by atoms with Gasteiger partial charge in [-0.1, -0.05) is 48.5 Å². The molecule has 1 aliphatic heterocycles. The van der Waals surface area contributed by atoms with Crippen molar-refractivity contribution in [1.29, 1.82) is 0 Å². The van der Waals surface area contributed by atoms with Crippen molar-refractivity contribution in [2.75, 3.05) is 32.7 Å². The molecule has 29 heavy (non-hydrogen) atoms. The fourth-order valence-corrected chi connectivity index (χ4v) is 4.50. The molecule has 0 unspecified atom stereocenters. The van der Waals surface area contributed by atoms with Crippen molar-refractivity contribution in [2.24, 2.45) is 0 Å². The quantitative estimate of drug-likeness (QED) is 0.704. The summed E-state index contributed by atoms with van der Waals surface area (Å²) in [6.07, 6.45) is 0. The van der Waals surface area contributed by atoms with Gasteiger partial charge in [-0.05, 0) is 34.7 Å². The Hall–Kier alpha value is -2.70. The number of rotatable bonds is 5. The highest BCUT2D eigenvalue weighted by Gasteiger charge is 2.25. The fraction of sp³-hybridized carbons (Fsp3) is 0.304. The van der Waals surface area contributed by atoms with E-state index in [-0.39, 0.29) is 17.9 Å². The van der Waals surface area contributed by atoms with Crippen LogP contribution in [0.25, 0.3) is 10.8 Å². The van der Waals surface area contributed by atoms with Crippen LogP contribution >= 0.6 is 11.3 Å². The molecular formula is C23H25N3O2S. The third-order valence-corrected chi connectivity index (χ3v) is 6.36. The van der Waals surface area contributed by atoms with Crippen molar-refractivity contribution >= 4 is 33.9 Å². The average molecular weight is 408 g/mol. The molecule has 1 atom stereocenters. The Morgan fingerprint density at radius 1 is 0.966 bits per heavy atom. The van der Waals surface area contributed by atoms with Gasteiger partial charge in [-0.25, -0.2) is 0 Å². The number of benzene rings is 2. The topological polar surface area (TPSA) is 52.7 Å². The van der Waals surface area contributed by atoms with Crippen LogP contribution in [0, 0.1) is 0 Å². The van der Waals surface area contributed by atoms with E-state index in [1.165, 1.54) is 27.7 Å². The standard InChI is InChI=1S/C23H25N3O2S/c1-17(19-9-4-7-18-6-2-3-8-20(18)19)24-16-22(27)25-11-13-26(14-12-25)23(28)21-10-5-15-29-21/h2-10,15,17,24H,11-14,16H2,1H3/t17-/m1/s1. The molecule has 150 valence electrons. The van der Waals surface area contributed by atoms with Gasteiger partial charge in [0.15, 0.2) is 0 Å². The molecule has 6 heteroatoms. The predicted octanol–water partition coefficient (Wildman–Crippen LogP) is 3.54. The molecule has 5 nitrogen and oxygen atoms in total. The third-order valence-electron chi connectivity index (χ3n) is 5.50. The number of hydrogen-bond acceptors (Lipinski definition) is 4. The summed E-state index contributed by atoms with van der Waals surface area (Å²) in [6.45, 7) is 4.72. The van der Waals surface area contributed by atoms with Gasteiger partial charge in [0.2, 0.25) is 5.91 Å². The maximum atomic E-state index is 12.7. The van der Waals surface area contributed by atoms with Gasteiger partial charge in [-0.15, -0.1) is 11.3 Å². The van der Waals surface area contributed by atoms with E-state index in [0.29, 0.717) is 32.7 Å².